The number of hydrogen-bond acceptors (Lipinski definition) is 4. The number of hydrogen-bond donors (Lipinski definition) is 2. The second-order valence-corrected chi connectivity index (χ2v) is 3.04. The second kappa shape index (κ2) is 5.03. The summed E-state index contributed by atoms with van der Waals surface area (Å²) in [7, 11) is 4.75. The van der Waals surface area contributed by atoms with Crippen molar-refractivity contribution in [2.45, 2.75) is 0 Å². The van der Waals surface area contributed by atoms with Crippen molar-refractivity contribution in [1.82, 2.24) is 5.32 Å². The average molecular weight is 219 g/mol. The Balaban J connectivity index is 3.39. The SMILES string of the molecule is CNC(=O)c1cc(NC)c(OC)cc1C#N. The van der Waals surface area contributed by atoms with Gasteiger partial charge in [0, 0.05) is 20.2 Å². The molecule has 1 amide bonds. The van der Waals surface area contributed by atoms with Gasteiger partial charge in [-0.05, 0) is 6.07 Å². The van der Waals surface area contributed by atoms with Crippen LogP contribution in [-0.2, 0) is 0 Å². The third-order valence-electron chi connectivity index (χ3n) is 2.20. The molecule has 84 valence electrons. The number of rotatable bonds is 3. The van der Waals surface area contributed by atoms with Crippen molar-refractivity contribution < 1.29 is 9.53 Å². The molecule has 0 atom stereocenters. The molecule has 5 nitrogen and oxygen atoms in total. The maximum absolute atomic E-state index is 11.5. The van der Waals surface area contributed by atoms with E-state index in [0.717, 1.165) is 0 Å². The number of nitrogens with one attached hydrogen (secondary N) is 2. The van der Waals surface area contributed by atoms with Gasteiger partial charge in [0.05, 0.1) is 23.9 Å². The molecule has 0 aliphatic carbocycles. The molecule has 0 bridgehead atoms. The highest BCUT2D eigenvalue weighted by atomic mass is 16.5. The van der Waals surface area contributed by atoms with Gasteiger partial charge in [-0.2, -0.15) is 5.26 Å². The van der Waals surface area contributed by atoms with Gasteiger partial charge < -0.3 is 15.4 Å². The Labute approximate surface area is 94.0 Å². The molecule has 1 aromatic rings. The molecular formula is C11H13N3O2. The van der Waals surface area contributed by atoms with Gasteiger partial charge in [-0.15, -0.1) is 0 Å². The molecule has 0 saturated carbocycles. The maximum atomic E-state index is 11.5. The minimum Gasteiger partial charge on any atom is -0.495 e. The highest BCUT2D eigenvalue weighted by Crippen LogP contribution is 2.27. The number of methoxy groups -OCH3 is 1. The number of nitriles is 1. The van der Waals surface area contributed by atoms with Crippen molar-refractivity contribution in [2.24, 2.45) is 0 Å². The van der Waals surface area contributed by atoms with E-state index in [-0.39, 0.29) is 11.5 Å². The molecule has 0 aliphatic rings. The van der Waals surface area contributed by atoms with Crippen LogP contribution in [0.2, 0.25) is 0 Å². The summed E-state index contributed by atoms with van der Waals surface area (Å²) in [4.78, 5) is 11.5. The zero-order valence-electron chi connectivity index (χ0n) is 9.42. The van der Waals surface area contributed by atoms with Crippen molar-refractivity contribution in [3.63, 3.8) is 0 Å². The molecular weight excluding hydrogens is 206 g/mol. The Morgan fingerprint density at radius 3 is 2.56 bits per heavy atom. The van der Waals surface area contributed by atoms with E-state index in [1.54, 1.807) is 13.1 Å². The molecule has 0 aliphatic heterocycles. The minimum atomic E-state index is -0.296. The van der Waals surface area contributed by atoms with Crippen LogP contribution in [0.25, 0.3) is 0 Å². The lowest BCUT2D eigenvalue weighted by molar-refractivity contribution is 0.0963. The number of benzene rings is 1. The van der Waals surface area contributed by atoms with Crippen LogP contribution in [0.15, 0.2) is 12.1 Å². The molecule has 16 heavy (non-hydrogen) atoms. The Kier molecular flexibility index (Phi) is 3.72. The third-order valence-corrected chi connectivity index (χ3v) is 2.20. The van der Waals surface area contributed by atoms with Crippen LogP contribution in [0.4, 0.5) is 5.69 Å². The van der Waals surface area contributed by atoms with E-state index in [2.05, 4.69) is 10.6 Å². The molecule has 0 heterocycles. The first-order valence-corrected chi connectivity index (χ1v) is 4.69. The van der Waals surface area contributed by atoms with E-state index in [4.69, 9.17) is 10.00 Å². The topological polar surface area (TPSA) is 74.2 Å². The zero-order valence-corrected chi connectivity index (χ0v) is 9.42. The number of carbonyl (C=O) groups is 1. The third kappa shape index (κ3) is 2.06. The molecule has 0 aromatic heterocycles. The Bertz CT molecular complexity index is 449. The van der Waals surface area contributed by atoms with Gasteiger partial charge in [-0.25, -0.2) is 0 Å². The molecule has 0 spiro atoms. The van der Waals surface area contributed by atoms with Gasteiger partial charge in [0.25, 0.3) is 5.91 Å². The molecule has 1 rings (SSSR count). The van der Waals surface area contributed by atoms with Crippen molar-refractivity contribution in [3.05, 3.63) is 23.3 Å². The molecule has 0 saturated heterocycles. The van der Waals surface area contributed by atoms with Crippen molar-refractivity contribution >= 4 is 11.6 Å². The van der Waals surface area contributed by atoms with Gasteiger partial charge in [0.2, 0.25) is 0 Å². The normalized spacial score (nSPS) is 9.12. The van der Waals surface area contributed by atoms with Gasteiger partial charge in [-0.1, -0.05) is 0 Å². The molecule has 0 radical (unpaired) electrons. The lowest BCUT2D eigenvalue weighted by atomic mass is 10.1. The van der Waals surface area contributed by atoms with E-state index in [1.165, 1.54) is 20.2 Å². The fourth-order valence-electron chi connectivity index (χ4n) is 1.36. The highest BCUT2D eigenvalue weighted by molar-refractivity contribution is 5.98. The van der Waals surface area contributed by atoms with Crippen LogP contribution in [-0.4, -0.2) is 27.1 Å². The number of carbonyl (C=O) groups excluding carboxylic acids is 1. The van der Waals surface area contributed by atoms with Crippen LogP contribution in [0, 0.1) is 11.3 Å². The van der Waals surface area contributed by atoms with Crippen LogP contribution in [0.3, 0.4) is 0 Å². The predicted molar refractivity (Wildman–Crippen MR) is 60.6 cm³/mol. The summed E-state index contributed by atoms with van der Waals surface area (Å²) in [5, 5.41) is 14.3. The summed E-state index contributed by atoms with van der Waals surface area (Å²) in [6, 6.07) is 5.10. The molecule has 2 N–H and O–H groups in total. The zero-order chi connectivity index (χ0) is 12.1. The molecule has 5 heteroatoms. The second-order valence-electron chi connectivity index (χ2n) is 3.04. The summed E-state index contributed by atoms with van der Waals surface area (Å²) >= 11 is 0. The van der Waals surface area contributed by atoms with E-state index < -0.39 is 0 Å². The Hall–Kier alpha value is -2.22. The summed E-state index contributed by atoms with van der Waals surface area (Å²) < 4.78 is 5.10. The number of nitrogens with zero attached hydrogens (tertiary/aromatic N) is 1. The Morgan fingerprint density at radius 2 is 2.12 bits per heavy atom. The van der Waals surface area contributed by atoms with Crippen LogP contribution < -0.4 is 15.4 Å². The van der Waals surface area contributed by atoms with E-state index in [9.17, 15) is 4.79 Å². The number of anilines is 1. The predicted octanol–water partition coefficient (Wildman–Crippen LogP) is 0.968. The van der Waals surface area contributed by atoms with Crippen LogP contribution >= 0.6 is 0 Å². The van der Waals surface area contributed by atoms with Gasteiger partial charge in [0.15, 0.2) is 0 Å². The summed E-state index contributed by atoms with van der Waals surface area (Å²) in [5.41, 5.74) is 1.28. The first kappa shape index (κ1) is 11.9. The van der Waals surface area contributed by atoms with Gasteiger partial charge in [0.1, 0.15) is 11.8 Å². The van der Waals surface area contributed by atoms with E-state index in [1.807, 2.05) is 6.07 Å². The van der Waals surface area contributed by atoms with E-state index in [0.29, 0.717) is 17.0 Å². The molecule has 0 fully saturated rings. The lowest BCUT2D eigenvalue weighted by Crippen LogP contribution is -2.19. The lowest BCUT2D eigenvalue weighted by Gasteiger charge is -2.11. The largest absolute Gasteiger partial charge is 0.495 e. The van der Waals surface area contributed by atoms with E-state index >= 15 is 0 Å². The van der Waals surface area contributed by atoms with Gasteiger partial charge in [-0.3, -0.25) is 4.79 Å². The monoisotopic (exact) mass is 219 g/mol. The summed E-state index contributed by atoms with van der Waals surface area (Å²) in [5.74, 6) is 0.238. The van der Waals surface area contributed by atoms with Crippen LogP contribution in [0.1, 0.15) is 15.9 Å². The standard InChI is InChI=1S/C11H13N3O2/c1-13-9-5-8(11(15)14-2)7(6-12)4-10(9)16-3/h4-5,13H,1-3H3,(H,14,15). The summed E-state index contributed by atoms with van der Waals surface area (Å²) in [6.45, 7) is 0. The number of amides is 1. The van der Waals surface area contributed by atoms with Crippen molar-refractivity contribution in [1.29, 1.82) is 5.26 Å². The fraction of sp³-hybridized carbons (Fsp3) is 0.273. The average Bonchev–Trinajstić information content (AvgIpc) is 2.35. The van der Waals surface area contributed by atoms with Crippen molar-refractivity contribution in [2.75, 3.05) is 26.5 Å². The minimum absolute atomic E-state index is 0.287. The number of ether oxygens (including phenoxy) is 1. The smallest absolute Gasteiger partial charge is 0.252 e. The Morgan fingerprint density at radius 1 is 1.44 bits per heavy atom. The van der Waals surface area contributed by atoms with Crippen LogP contribution in [0.5, 0.6) is 5.75 Å². The van der Waals surface area contributed by atoms with Crippen molar-refractivity contribution in [3.8, 4) is 11.8 Å². The quantitative estimate of drug-likeness (QED) is 0.794. The first-order chi connectivity index (χ1) is 7.67. The van der Waals surface area contributed by atoms with Gasteiger partial charge >= 0.3 is 0 Å². The highest BCUT2D eigenvalue weighted by Gasteiger charge is 2.14. The summed E-state index contributed by atoms with van der Waals surface area (Å²) in [6.07, 6.45) is 0. The molecule has 1 aromatic carbocycles. The fourth-order valence-corrected chi connectivity index (χ4v) is 1.36. The first-order valence-electron chi connectivity index (χ1n) is 4.69. The molecule has 0 unspecified atom stereocenters. The maximum Gasteiger partial charge on any atom is 0.252 e.